The van der Waals surface area contributed by atoms with E-state index < -0.39 is 11.7 Å². The second-order valence-electron chi connectivity index (χ2n) is 7.00. The summed E-state index contributed by atoms with van der Waals surface area (Å²) in [4.78, 5) is 14.2. The van der Waals surface area contributed by atoms with Gasteiger partial charge in [0.05, 0.1) is 18.0 Å². The van der Waals surface area contributed by atoms with Crippen LogP contribution in [0.5, 0.6) is 0 Å². The lowest BCUT2D eigenvalue weighted by molar-refractivity contribution is 0.0455. The number of nitrogens with zero attached hydrogens (tertiary/aromatic N) is 2. The van der Waals surface area contributed by atoms with Crippen molar-refractivity contribution in [3.63, 3.8) is 0 Å². The normalized spacial score (nSPS) is 22.2. The molecule has 1 amide bonds. The summed E-state index contributed by atoms with van der Waals surface area (Å²) in [6.45, 7) is 7.84. The Kier molecular flexibility index (Phi) is 5.62. The van der Waals surface area contributed by atoms with Crippen molar-refractivity contribution in [3.8, 4) is 6.07 Å². The van der Waals surface area contributed by atoms with E-state index in [2.05, 4.69) is 28.4 Å². The fraction of sp³-hybridized carbons (Fsp3) is 0.556. The molecule has 2 rings (SSSR count). The largest absolute Gasteiger partial charge is 0.444 e. The molecule has 1 aromatic rings. The number of nitriles is 1. The molecule has 5 heteroatoms. The van der Waals surface area contributed by atoms with Crippen molar-refractivity contribution in [2.45, 2.75) is 45.4 Å². The fourth-order valence-corrected chi connectivity index (χ4v) is 2.77. The van der Waals surface area contributed by atoms with E-state index in [-0.39, 0.29) is 12.0 Å². The number of ether oxygens (including phenoxy) is 1. The highest BCUT2D eigenvalue weighted by Crippen LogP contribution is 2.19. The molecule has 124 valence electrons. The maximum atomic E-state index is 11.9. The minimum absolute atomic E-state index is 0.151. The van der Waals surface area contributed by atoms with Gasteiger partial charge < -0.3 is 10.1 Å². The minimum Gasteiger partial charge on any atom is -0.444 e. The van der Waals surface area contributed by atoms with E-state index in [1.54, 1.807) is 0 Å². The van der Waals surface area contributed by atoms with E-state index >= 15 is 0 Å². The molecule has 1 aromatic carbocycles. The average molecular weight is 315 g/mol. The van der Waals surface area contributed by atoms with Gasteiger partial charge in [0.2, 0.25) is 0 Å². The molecule has 0 unspecified atom stereocenters. The van der Waals surface area contributed by atoms with Crippen molar-refractivity contribution in [2.24, 2.45) is 5.92 Å². The van der Waals surface area contributed by atoms with E-state index in [1.807, 2.05) is 39.0 Å². The Morgan fingerprint density at radius 2 is 2.09 bits per heavy atom. The number of nitrogens with one attached hydrogen (secondary N) is 1. The first-order valence-corrected chi connectivity index (χ1v) is 8.03. The second kappa shape index (κ2) is 7.47. The van der Waals surface area contributed by atoms with Gasteiger partial charge in [-0.25, -0.2) is 4.79 Å². The van der Waals surface area contributed by atoms with Gasteiger partial charge >= 0.3 is 6.09 Å². The van der Waals surface area contributed by atoms with Gasteiger partial charge in [0.1, 0.15) is 5.60 Å². The number of likely N-dealkylation sites (tertiary alicyclic amines) is 1. The number of carbonyl (C=O) groups excluding carboxylic acids is 1. The Bertz CT molecular complexity index is 560. The zero-order valence-electron chi connectivity index (χ0n) is 14.1. The molecule has 0 aromatic heterocycles. The molecule has 1 aliphatic heterocycles. The molecule has 23 heavy (non-hydrogen) atoms. The SMILES string of the molecule is CC(C)(C)OC(=O)N[C@H]1CCN(Cc2ccccc2)C[C@H]1C#N. The summed E-state index contributed by atoms with van der Waals surface area (Å²) < 4.78 is 5.28. The van der Waals surface area contributed by atoms with Gasteiger partial charge in [0.15, 0.2) is 0 Å². The van der Waals surface area contributed by atoms with Crippen LogP contribution in [0, 0.1) is 17.2 Å². The summed E-state index contributed by atoms with van der Waals surface area (Å²) in [5.74, 6) is -0.222. The van der Waals surface area contributed by atoms with Gasteiger partial charge in [-0.1, -0.05) is 30.3 Å². The van der Waals surface area contributed by atoms with Crippen molar-refractivity contribution in [2.75, 3.05) is 13.1 Å². The lowest BCUT2D eigenvalue weighted by atomic mass is 9.93. The lowest BCUT2D eigenvalue weighted by Crippen LogP contribution is -2.51. The van der Waals surface area contributed by atoms with Crippen LogP contribution < -0.4 is 5.32 Å². The van der Waals surface area contributed by atoms with Crippen LogP contribution in [0.3, 0.4) is 0 Å². The Labute approximate surface area is 138 Å². The van der Waals surface area contributed by atoms with E-state index in [0.717, 1.165) is 19.5 Å². The van der Waals surface area contributed by atoms with E-state index in [1.165, 1.54) is 5.56 Å². The molecule has 2 atom stereocenters. The van der Waals surface area contributed by atoms with Crippen molar-refractivity contribution < 1.29 is 9.53 Å². The number of benzene rings is 1. The van der Waals surface area contributed by atoms with E-state index in [4.69, 9.17) is 4.74 Å². The average Bonchev–Trinajstić information content (AvgIpc) is 2.48. The summed E-state index contributed by atoms with van der Waals surface area (Å²) in [6.07, 6.45) is 0.309. The Morgan fingerprint density at radius 3 is 2.70 bits per heavy atom. The Hall–Kier alpha value is -2.06. The van der Waals surface area contributed by atoms with Crippen molar-refractivity contribution >= 4 is 6.09 Å². The molecule has 0 radical (unpaired) electrons. The molecular weight excluding hydrogens is 290 g/mol. The van der Waals surface area contributed by atoms with Gasteiger partial charge in [0, 0.05) is 19.6 Å². The molecule has 1 fully saturated rings. The summed E-state index contributed by atoms with van der Waals surface area (Å²) >= 11 is 0. The van der Waals surface area contributed by atoms with Crippen LogP contribution in [0.15, 0.2) is 30.3 Å². The van der Waals surface area contributed by atoms with E-state index in [0.29, 0.717) is 6.54 Å². The summed E-state index contributed by atoms with van der Waals surface area (Å²) in [6, 6.07) is 12.4. The number of rotatable bonds is 3. The zero-order chi connectivity index (χ0) is 16.9. The molecular formula is C18H25N3O2. The van der Waals surface area contributed by atoms with E-state index in [9.17, 15) is 10.1 Å². The number of piperidine rings is 1. The smallest absolute Gasteiger partial charge is 0.407 e. The monoisotopic (exact) mass is 315 g/mol. The highest BCUT2D eigenvalue weighted by atomic mass is 16.6. The highest BCUT2D eigenvalue weighted by Gasteiger charge is 2.31. The summed E-state index contributed by atoms with van der Waals surface area (Å²) in [7, 11) is 0. The number of amides is 1. The van der Waals surface area contributed by atoms with Gasteiger partial charge in [-0.15, -0.1) is 0 Å². The van der Waals surface area contributed by atoms with Crippen LogP contribution in [0.2, 0.25) is 0 Å². The van der Waals surface area contributed by atoms with Crippen molar-refractivity contribution in [3.05, 3.63) is 35.9 Å². The van der Waals surface area contributed by atoms with Crippen LogP contribution in [0.4, 0.5) is 4.79 Å². The van der Waals surface area contributed by atoms with Crippen LogP contribution >= 0.6 is 0 Å². The van der Waals surface area contributed by atoms with Gasteiger partial charge in [-0.05, 0) is 32.8 Å². The van der Waals surface area contributed by atoms with Crippen LogP contribution in [0.25, 0.3) is 0 Å². The van der Waals surface area contributed by atoms with Crippen LogP contribution in [-0.4, -0.2) is 35.7 Å². The second-order valence-corrected chi connectivity index (χ2v) is 7.00. The quantitative estimate of drug-likeness (QED) is 0.931. The fourth-order valence-electron chi connectivity index (χ4n) is 2.77. The molecule has 1 N–H and O–H groups in total. The maximum absolute atomic E-state index is 11.9. The van der Waals surface area contributed by atoms with Gasteiger partial charge in [-0.2, -0.15) is 5.26 Å². The minimum atomic E-state index is -0.528. The zero-order valence-corrected chi connectivity index (χ0v) is 14.1. The predicted octanol–water partition coefficient (Wildman–Crippen LogP) is 2.93. The molecule has 0 spiro atoms. The Morgan fingerprint density at radius 1 is 1.39 bits per heavy atom. The molecule has 0 aliphatic carbocycles. The summed E-state index contributed by atoms with van der Waals surface area (Å²) in [5, 5.41) is 12.3. The van der Waals surface area contributed by atoms with Crippen molar-refractivity contribution in [1.29, 1.82) is 5.26 Å². The Balaban J connectivity index is 1.89. The third kappa shape index (κ3) is 5.57. The number of alkyl carbamates (subject to hydrolysis) is 1. The standard InChI is InChI=1S/C18H25N3O2/c1-18(2,3)23-17(22)20-16-9-10-21(13-15(16)11-19)12-14-7-5-4-6-8-14/h4-8,15-16H,9-10,12-13H2,1-3H3,(H,20,22)/t15-,16+/m1/s1. The molecule has 0 saturated carbocycles. The van der Waals surface area contributed by atoms with Gasteiger partial charge in [-0.3, -0.25) is 4.90 Å². The van der Waals surface area contributed by atoms with Crippen molar-refractivity contribution in [1.82, 2.24) is 10.2 Å². The van der Waals surface area contributed by atoms with Crippen LogP contribution in [-0.2, 0) is 11.3 Å². The number of hydrogen-bond acceptors (Lipinski definition) is 4. The first kappa shape index (κ1) is 17.3. The third-order valence-corrected chi connectivity index (χ3v) is 3.81. The number of carbonyl (C=O) groups is 1. The first-order chi connectivity index (χ1) is 10.9. The molecule has 1 heterocycles. The van der Waals surface area contributed by atoms with Crippen LogP contribution in [0.1, 0.15) is 32.8 Å². The molecule has 1 saturated heterocycles. The topological polar surface area (TPSA) is 65.4 Å². The molecule has 0 bridgehead atoms. The maximum Gasteiger partial charge on any atom is 0.407 e. The molecule has 5 nitrogen and oxygen atoms in total. The lowest BCUT2D eigenvalue weighted by Gasteiger charge is -2.36. The number of hydrogen-bond donors (Lipinski definition) is 1. The van der Waals surface area contributed by atoms with Gasteiger partial charge in [0.25, 0.3) is 0 Å². The third-order valence-electron chi connectivity index (χ3n) is 3.81. The molecule has 1 aliphatic rings. The first-order valence-electron chi connectivity index (χ1n) is 8.03. The highest BCUT2D eigenvalue weighted by molar-refractivity contribution is 5.68. The predicted molar refractivity (Wildman–Crippen MR) is 88.6 cm³/mol. The summed E-state index contributed by atoms with van der Waals surface area (Å²) in [5.41, 5.74) is 0.711.